The first-order chi connectivity index (χ1) is 11.8. The van der Waals surface area contributed by atoms with Crippen LogP contribution in [-0.2, 0) is 19.7 Å². The fourth-order valence-corrected chi connectivity index (χ4v) is 8.61. The molecule has 2 atom stereocenters. The van der Waals surface area contributed by atoms with Crippen LogP contribution >= 0.6 is 0 Å². The first-order valence-corrected chi connectivity index (χ1v) is 12.4. The fourth-order valence-electron chi connectivity index (χ4n) is 3.93. The Bertz CT molecular complexity index is 792. The maximum atomic E-state index is 13.0. The van der Waals surface area contributed by atoms with Gasteiger partial charge in [0.1, 0.15) is 0 Å². The van der Waals surface area contributed by atoms with E-state index in [-0.39, 0.29) is 22.4 Å². The maximum Gasteiger partial charge on any atom is 0.183 e. The van der Waals surface area contributed by atoms with Crippen LogP contribution in [0, 0.1) is 6.92 Å². The highest BCUT2D eigenvalue weighted by Gasteiger charge is 2.46. The molecule has 1 saturated heterocycles. The summed E-state index contributed by atoms with van der Waals surface area (Å²) in [4.78, 5) is 0.216. The molecule has 1 saturated carbocycles. The van der Waals surface area contributed by atoms with Gasteiger partial charge in [-0.2, -0.15) is 0 Å². The normalized spacial score (nSPS) is 27.9. The molecular formula is C18H27NO4S2. The van der Waals surface area contributed by atoms with Gasteiger partial charge >= 0.3 is 0 Å². The van der Waals surface area contributed by atoms with E-state index in [9.17, 15) is 16.8 Å². The average molecular weight is 386 g/mol. The molecule has 1 aromatic rings. The molecule has 0 unspecified atom stereocenters. The highest BCUT2D eigenvalue weighted by molar-refractivity contribution is 7.96. The highest BCUT2D eigenvalue weighted by Crippen LogP contribution is 2.28. The van der Waals surface area contributed by atoms with Crippen LogP contribution in [0.2, 0.25) is 0 Å². The van der Waals surface area contributed by atoms with Crippen molar-refractivity contribution in [3.63, 3.8) is 0 Å². The van der Waals surface area contributed by atoms with Gasteiger partial charge in [0, 0.05) is 12.1 Å². The lowest BCUT2D eigenvalue weighted by molar-refractivity contribution is 0.408. The van der Waals surface area contributed by atoms with Crippen molar-refractivity contribution in [1.29, 1.82) is 0 Å². The molecule has 140 valence electrons. The number of nitrogens with one attached hydrogen (secondary N) is 1. The summed E-state index contributed by atoms with van der Waals surface area (Å²) in [7, 11) is -7.02. The third-order valence-electron chi connectivity index (χ3n) is 5.35. The minimum absolute atomic E-state index is 0.0841. The zero-order valence-electron chi connectivity index (χ0n) is 14.6. The smallest absolute Gasteiger partial charge is 0.183 e. The standard InChI is InChI=1S/C18H27NO4S2/c1-14-8-10-16(11-9-14)25(22,23)18-13-24(20,21)12-17(18)19-15-6-4-2-3-5-7-15/h8-11,15,17-19H,2-7,12-13H2,1H3/t17-,18-/m1/s1. The largest absolute Gasteiger partial charge is 0.309 e. The van der Waals surface area contributed by atoms with Crippen molar-refractivity contribution < 1.29 is 16.8 Å². The Hall–Kier alpha value is -0.920. The van der Waals surface area contributed by atoms with Crippen molar-refractivity contribution in [3.05, 3.63) is 29.8 Å². The van der Waals surface area contributed by atoms with Crippen molar-refractivity contribution in [3.8, 4) is 0 Å². The van der Waals surface area contributed by atoms with Crippen LogP contribution in [0.3, 0.4) is 0 Å². The Morgan fingerprint density at radius 2 is 1.56 bits per heavy atom. The SMILES string of the molecule is Cc1ccc(S(=O)(=O)[C@@H]2CS(=O)(=O)C[C@H]2NC2CCCCCC2)cc1. The topological polar surface area (TPSA) is 80.3 Å². The molecular weight excluding hydrogens is 358 g/mol. The summed E-state index contributed by atoms with van der Waals surface area (Å²) in [5, 5.41) is 2.49. The van der Waals surface area contributed by atoms with E-state index in [1.54, 1.807) is 24.3 Å². The van der Waals surface area contributed by atoms with Crippen molar-refractivity contribution >= 4 is 19.7 Å². The molecule has 0 spiro atoms. The van der Waals surface area contributed by atoms with Gasteiger partial charge in [0.2, 0.25) is 0 Å². The zero-order valence-corrected chi connectivity index (χ0v) is 16.3. The van der Waals surface area contributed by atoms with Gasteiger partial charge in [-0.25, -0.2) is 16.8 Å². The van der Waals surface area contributed by atoms with Gasteiger partial charge in [0.25, 0.3) is 0 Å². The number of aryl methyl sites for hydroxylation is 1. The highest BCUT2D eigenvalue weighted by atomic mass is 32.2. The predicted octanol–water partition coefficient (Wildman–Crippen LogP) is 2.25. The summed E-state index contributed by atoms with van der Waals surface area (Å²) in [5.41, 5.74) is 0.978. The lowest BCUT2D eigenvalue weighted by Crippen LogP contribution is -2.47. The number of hydrogen-bond donors (Lipinski definition) is 1. The summed E-state index contributed by atoms with van der Waals surface area (Å²) < 4.78 is 50.5. The van der Waals surface area contributed by atoms with Gasteiger partial charge in [-0.15, -0.1) is 0 Å². The zero-order chi connectivity index (χ0) is 18.1. The second-order valence-corrected chi connectivity index (χ2v) is 11.8. The quantitative estimate of drug-likeness (QED) is 0.804. The van der Waals surface area contributed by atoms with E-state index >= 15 is 0 Å². The molecule has 7 heteroatoms. The van der Waals surface area contributed by atoms with Crippen LogP contribution < -0.4 is 5.32 Å². The molecule has 2 fully saturated rings. The van der Waals surface area contributed by atoms with Gasteiger partial charge in [-0.05, 0) is 31.9 Å². The summed E-state index contributed by atoms with van der Waals surface area (Å²) >= 11 is 0. The molecule has 3 rings (SSSR count). The summed E-state index contributed by atoms with van der Waals surface area (Å²) in [6.07, 6.45) is 6.62. The lowest BCUT2D eigenvalue weighted by Gasteiger charge is -2.25. The first kappa shape index (κ1) is 18.9. The Labute approximate surface area is 151 Å². The van der Waals surface area contributed by atoms with E-state index in [1.807, 2.05) is 6.92 Å². The molecule has 1 N–H and O–H groups in total. The second-order valence-electron chi connectivity index (χ2n) is 7.44. The monoisotopic (exact) mass is 385 g/mol. The van der Waals surface area contributed by atoms with Gasteiger partial charge in [-0.3, -0.25) is 0 Å². The van der Waals surface area contributed by atoms with Crippen LogP contribution in [0.4, 0.5) is 0 Å². The fraction of sp³-hybridized carbons (Fsp3) is 0.667. The van der Waals surface area contributed by atoms with Crippen LogP contribution in [0.5, 0.6) is 0 Å². The third kappa shape index (κ3) is 4.44. The molecule has 1 heterocycles. The van der Waals surface area contributed by atoms with E-state index in [0.717, 1.165) is 31.2 Å². The minimum atomic E-state index is -3.68. The van der Waals surface area contributed by atoms with Crippen molar-refractivity contribution in [2.45, 2.75) is 67.7 Å². The lowest BCUT2D eigenvalue weighted by atomic mass is 10.1. The first-order valence-electron chi connectivity index (χ1n) is 9.05. The van der Waals surface area contributed by atoms with Gasteiger partial charge in [-0.1, -0.05) is 43.4 Å². The maximum absolute atomic E-state index is 13.0. The summed E-state index contributed by atoms with van der Waals surface area (Å²) in [6, 6.07) is 6.38. The molecule has 0 bridgehead atoms. The van der Waals surface area contributed by atoms with Gasteiger partial charge < -0.3 is 5.32 Å². The summed E-state index contributed by atoms with van der Waals surface area (Å²) in [5.74, 6) is -0.368. The van der Waals surface area contributed by atoms with E-state index in [0.29, 0.717) is 0 Å². The van der Waals surface area contributed by atoms with Crippen LogP contribution in [0.1, 0.15) is 44.1 Å². The Morgan fingerprint density at radius 1 is 0.960 bits per heavy atom. The number of hydrogen-bond acceptors (Lipinski definition) is 5. The minimum Gasteiger partial charge on any atom is -0.309 e. The van der Waals surface area contributed by atoms with Gasteiger partial charge in [0.15, 0.2) is 19.7 Å². The molecule has 0 aromatic heterocycles. The predicted molar refractivity (Wildman–Crippen MR) is 99.2 cm³/mol. The molecule has 0 radical (unpaired) electrons. The van der Waals surface area contributed by atoms with E-state index < -0.39 is 31.0 Å². The Kier molecular flexibility index (Phi) is 5.56. The van der Waals surface area contributed by atoms with Crippen molar-refractivity contribution in [2.75, 3.05) is 11.5 Å². The number of benzene rings is 1. The van der Waals surface area contributed by atoms with E-state index in [2.05, 4.69) is 5.32 Å². The Balaban J connectivity index is 1.84. The second kappa shape index (κ2) is 7.37. The molecule has 25 heavy (non-hydrogen) atoms. The number of sulfone groups is 2. The molecule has 0 amide bonds. The van der Waals surface area contributed by atoms with Gasteiger partial charge in [0.05, 0.1) is 21.7 Å². The molecule has 1 aliphatic heterocycles. The van der Waals surface area contributed by atoms with E-state index in [4.69, 9.17) is 0 Å². The van der Waals surface area contributed by atoms with Crippen molar-refractivity contribution in [2.24, 2.45) is 0 Å². The molecule has 1 aliphatic carbocycles. The molecule has 1 aromatic carbocycles. The number of rotatable bonds is 4. The van der Waals surface area contributed by atoms with E-state index in [1.165, 1.54) is 12.8 Å². The van der Waals surface area contributed by atoms with Crippen LogP contribution in [0.15, 0.2) is 29.2 Å². The summed E-state index contributed by atoms with van der Waals surface area (Å²) in [6.45, 7) is 1.90. The molecule has 2 aliphatic rings. The average Bonchev–Trinajstić information content (AvgIpc) is 2.72. The van der Waals surface area contributed by atoms with Crippen LogP contribution in [-0.4, -0.2) is 45.7 Å². The third-order valence-corrected chi connectivity index (χ3v) is 9.52. The van der Waals surface area contributed by atoms with Crippen LogP contribution in [0.25, 0.3) is 0 Å². The molecule has 5 nitrogen and oxygen atoms in total. The van der Waals surface area contributed by atoms with Crippen molar-refractivity contribution in [1.82, 2.24) is 5.32 Å². The Morgan fingerprint density at radius 3 is 2.16 bits per heavy atom.